The van der Waals surface area contributed by atoms with Gasteiger partial charge in [0.1, 0.15) is 5.75 Å². The fourth-order valence-corrected chi connectivity index (χ4v) is 3.07. The summed E-state index contributed by atoms with van der Waals surface area (Å²) in [7, 11) is -2.02. The van der Waals surface area contributed by atoms with Crippen LogP contribution in [0.3, 0.4) is 0 Å². The van der Waals surface area contributed by atoms with Crippen LogP contribution in [0.5, 0.6) is 5.75 Å². The van der Waals surface area contributed by atoms with Crippen molar-refractivity contribution in [1.82, 2.24) is 20.0 Å². The van der Waals surface area contributed by atoms with Gasteiger partial charge in [-0.05, 0) is 29.8 Å². The Bertz CT molecular complexity index is 1170. The number of nitrogen functional groups attached to an aromatic ring is 1. The number of fused-ring (bicyclic) bond motifs is 1. The Balaban J connectivity index is 1.97. The summed E-state index contributed by atoms with van der Waals surface area (Å²) in [6.07, 6.45) is 4.59. The monoisotopic (exact) mass is 397 g/mol. The van der Waals surface area contributed by atoms with E-state index in [-0.39, 0.29) is 11.2 Å². The van der Waals surface area contributed by atoms with Crippen LogP contribution in [-0.4, -0.2) is 43.8 Å². The van der Waals surface area contributed by atoms with Crippen molar-refractivity contribution < 1.29 is 23.6 Å². The van der Waals surface area contributed by atoms with E-state index < -0.39 is 13.7 Å². The standard InChI is InChI=1S/C18H14BF2N5O3/c20-18(21)29-17-8-16(26-5-1-4-24-26)12(7-13(17)19(27)28)10-2-3-11-14(22)9-23-25-15(11)6-10/h1-9,18,27-28H,(H2,22,25). The molecule has 0 spiro atoms. The number of halogens is 2. The number of nitrogens with zero attached hydrogens (tertiary/aromatic N) is 4. The predicted octanol–water partition coefficient (Wildman–Crippen LogP) is 1.35. The lowest BCUT2D eigenvalue weighted by Crippen LogP contribution is -2.32. The highest BCUT2D eigenvalue weighted by atomic mass is 19.3. The van der Waals surface area contributed by atoms with Gasteiger partial charge < -0.3 is 20.5 Å². The molecule has 4 aromatic rings. The van der Waals surface area contributed by atoms with Crippen molar-refractivity contribution in [2.45, 2.75) is 6.61 Å². The number of rotatable bonds is 5. The number of anilines is 1. The molecule has 29 heavy (non-hydrogen) atoms. The largest absolute Gasteiger partial charge is 0.492 e. The minimum Gasteiger partial charge on any atom is -0.435 e. The average molecular weight is 397 g/mol. The summed E-state index contributed by atoms with van der Waals surface area (Å²) in [6.45, 7) is -3.14. The maximum atomic E-state index is 12.8. The molecular formula is C18H14BF2N5O3. The van der Waals surface area contributed by atoms with E-state index in [0.29, 0.717) is 33.4 Å². The Morgan fingerprint density at radius 1 is 1.17 bits per heavy atom. The van der Waals surface area contributed by atoms with Gasteiger partial charge in [-0.25, -0.2) is 4.68 Å². The van der Waals surface area contributed by atoms with Gasteiger partial charge in [0, 0.05) is 34.9 Å². The molecule has 146 valence electrons. The van der Waals surface area contributed by atoms with E-state index in [9.17, 15) is 18.8 Å². The highest BCUT2D eigenvalue weighted by Gasteiger charge is 2.24. The van der Waals surface area contributed by atoms with Gasteiger partial charge in [-0.2, -0.15) is 24.1 Å². The number of hydrogen-bond donors (Lipinski definition) is 3. The van der Waals surface area contributed by atoms with Crippen molar-refractivity contribution in [3.8, 4) is 22.6 Å². The lowest BCUT2D eigenvalue weighted by Gasteiger charge is -2.17. The second-order valence-electron chi connectivity index (χ2n) is 6.14. The van der Waals surface area contributed by atoms with E-state index in [4.69, 9.17) is 5.73 Å². The smallest absolute Gasteiger partial charge is 0.435 e. The Morgan fingerprint density at radius 3 is 2.69 bits per heavy atom. The zero-order valence-corrected chi connectivity index (χ0v) is 14.8. The normalized spacial score (nSPS) is 11.2. The van der Waals surface area contributed by atoms with E-state index in [1.54, 1.807) is 30.5 Å². The van der Waals surface area contributed by atoms with Crippen LogP contribution in [0.2, 0.25) is 0 Å². The summed E-state index contributed by atoms with van der Waals surface area (Å²) in [6, 6.07) is 9.52. The molecule has 0 bridgehead atoms. The van der Waals surface area contributed by atoms with E-state index in [1.807, 2.05) is 0 Å². The number of nitrogens with two attached hydrogens (primary N) is 1. The van der Waals surface area contributed by atoms with Gasteiger partial charge >= 0.3 is 13.7 Å². The van der Waals surface area contributed by atoms with Crippen LogP contribution in [0, 0.1) is 0 Å². The number of ether oxygens (including phenoxy) is 1. The first-order valence-corrected chi connectivity index (χ1v) is 8.44. The van der Waals surface area contributed by atoms with Crippen LogP contribution in [0.4, 0.5) is 14.5 Å². The summed E-state index contributed by atoms with van der Waals surface area (Å²) in [4.78, 5) is 0. The number of benzene rings is 2. The van der Waals surface area contributed by atoms with Crippen molar-refractivity contribution in [2.24, 2.45) is 0 Å². The molecule has 0 unspecified atom stereocenters. The van der Waals surface area contributed by atoms with Crippen molar-refractivity contribution in [3.05, 3.63) is 55.0 Å². The minimum absolute atomic E-state index is 0.213. The molecule has 0 atom stereocenters. The molecule has 2 aromatic heterocycles. The molecule has 0 aliphatic carbocycles. The third-order valence-electron chi connectivity index (χ3n) is 4.36. The first-order chi connectivity index (χ1) is 13.9. The van der Waals surface area contributed by atoms with E-state index in [1.165, 1.54) is 29.2 Å². The second-order valence-corrected chi connectivity index (χ2v) is 6.14. The Hall–Kier alpha value is -3.57. The number of alkyl halides is 2. The summed E-state index contributed by atoms with van der Waals surface area (Å²) >= 11 is 0. The van der Waals surface area contributed by atoms with Crippen molar-refractivity contribution >= 4 is 29.2 Å². The molecular weight excluding hydrogens is 383 g/mol. The van der Waals surface area contributed by atoms with Gasteiger partial charge in [-0.3, -0.25) is 0 Å². The topological polar surface area (TPSA) is 119 Å². The fraction of sp³-hybridized carbons (Fsp3) is 0.0556. The summed E-state index contributed by atoms with van der Waals surface area (Å²) < 4.78 is 31.6. The molecule has 4 rings (SSSR count). The molecule has 0 saturated carbocycles. The highest BCUT2D eigenvalue weighted by Crippen LogP contribution is 2.32. The number of hydrogen-bond acceptors (Lipinski definition) is 7. The molecule has 11 heteroatoms. The number of aromatic nitrogens is 4. The Kier molecular flexibility index (Phi) is 4.83. The van der Waals surface area contributed by atoms with Crippen LogP contribution >= 0.6 is 0 Å². The Morgan fingerprint density at radius 2 is 2.00 bits per heavy atom. The van der Waals surface area contributed by atoms with Crippen LogP contribution in [0.25, 0.3) is 27.7 Å². The maximum absolute atomic E-state index is 12.8. The highest BCUT2D eigenvalue weighted by molar-refractivity contribution is 6.60. The fourth-order valence-electron chi connectivity index (χ4n) is 3.07. The molecule has 0 fully saturated rings. The van der Waals surface area contributed by atoms with Gasteiger partial charge in [0.05, 0.1) is 23.1 Å². The van der Waals surface area contributed by atoms with Crippen LogP contribution < -0.4 is 15.9 Å². The molecule has 2 heterocycles. The second kappa shape index (κ2) is 7.45. The van der Waals surface area contributed by atoms with E-state index >= 15 is 0 Å². The first-order valence-electron chi connectivity index (χ1n) is 8.44. The minimum atomic E-state index is -3.14. The zero-order chi connectivity index (χ0) is 20.5. The molecule has 0 aliphatic heterocycles. The predicted molar refractivity (Wildman–Crippen MR) is 103 cm³/mol. The Labute approximate surface area is 163 Å². The van der Waals surface area contributed by atoms with E-state index in [2.05, 4.69) is 20.0 Å². The maximum Gasteiger partial charge on any atom is 0.492 e. The molecule has 4 N–H and O–H groups in total. The third kappa shape index (κ3) is 3.60. The van der Waals surface area contributed by atoms with Crippen LogP contribution in [-0.2, 0) is 0 Å². The van der Waals surface area contributed by atoms with Gasteiger partial charge in [0.15, 0.2) is 0 Å². The molecule has 0 saturated heterocycles. The lowest BCUT2D eigenvalue weighted by molar-refractivity contribution is -0.0492. The van der Waals surface area contributed by atoms with Crippen molar-refractivity contribution in [3.63, 3.8) is 0 Å². The lowest BCUT2D eigenvalue weighted by atomic mass is 9.77. The van der Waals surface area contributed by atoms with Gasteiger partial charge in [0.25, 0.3) is 0 Å². The average Bonchev–Trinajstić information content (AvgIpc) is 3.21. The molecule has 0 amide bonds. The van der Waals surface area contributed by atoms with Crippen molar-refractivity contribution in [2.75, 3.05) is 5.73 Å². The third-order valence-corrected chi connectivity index (χ3v) is 4.36. The quantitative estimate of drug-likeness (QED) is 0.435. The van der Waals surface area contributed by atoms with E-state index in [0.717, 1.165) is 0 Å². The van der Waals surface area contributed by atoms with Gasteiger partial charge in [0.2, 0.25) is 0 Å². The van der Waals surface area contributed by atoms with Gasteiger partial charge in [-0.1, -0.05) is 6.07 Å². The van der Waals surface area contributed by atoms with Crippen molar-refractivity contribution in [1.29, 1.82) is 0 Å². The summed E-state index contributed by atoms with van der Waals surface area (Å²) in [5.74, 6) is -0.367. The summed E-state index contributed by atoms with van der Waals surface area (Å²) in [5, 5.41) is 32.1. The SMILES string of the molecule is Nc1cnnc2cc(-c3cc(B(O)O)c(OC(F)F)cc3-n3cccn3)ccc12. The molecule has 0 radical (unpaired) electrons. The molecule has 8 nitrogen and oxygen atoms in total. The molecule has 2 aromatic carbocycles. The van der Waals surface area contributed by atoms with Gasteiger partial charge in [-0.15, -0.1) is 0 Å². The molecule has 0 aliphatic rings. The van der Waals surface area contributed by atoms with Crippen LogP contribution in [0.15, 0.2) is 55.0 Å². The zero-order valence-electron chi connectivity index (χ0n) is 14.8. The summed E-state index contributed by atoms with van der Waals surface area (Å²) in [5.41, 5.74) is 8.18. The first kappa shape index (κ1) is 18.8. The van der Waals surface area contributed by atoms with Crippen LogP contribution in [0.1, 0.15) is 0 Å².